The molecule has 1 atom stereocenters. The normalized spacial score (nSPS) is 15.2. The van der Waals surface area contributed by atoms with Crippen molar-refractivity contribution in [3.8, 4) is 17.2 Å². The molecule has 4 rings (SSSR count). The Hall–Kier alpha value is -3.56. The molecular formula is C27H27ClN2O6S. The van der Waals surface area contributed by atoms with Crippen LogP contribution in [0.2, 0.25) is 5.02 Å². The van der Waals surface area contributed by atoms with Crippen LogP contribution in [0.4, 0.5) is 0 Å². The van der Waals surface area contributed by atoms with E-state index in [1.165, 1.54) is 30.1 Å². The second kappa shape index (κ2) is 11.2. The smallest absolute Gasteiger partial charge is 0.338 e. The molecule has 1 aromatic heterocycles. The molecular weight excluding hydrogens is 516 g/mol. The standard InChI is InChI=1S/C27H27ClN2O6S/c1-6-35-20-10-8-16(12-21(20)36-7-2)13-22-25(31)30-24(18-14-17(28)9-11-19(18)33-4)23(26(32)34-5)15(3)29-27(30)37-22/h8-14,24H,6-7H2,1-5H3/b22-13-/t24-/m1/s1. The molecule has 2 heterocycles. The molecule has 0 bridgehead atoms. The topological polar surface area (TPSA) is 88.4 Å². The van der Waals surface area contributed by atoms with Crippen LogP contribution in [0.3, 0.4) is 0 Å². The lowest BCUT2D eigenvalue weighted by Gasteiger charge is -2.25. The SMILES string of the molecule is CCOc1ccc(/C=c2\sc3n(c2=O)[C@H](c2cc(Cl)ccc2OC)C(C(=O)OC)=C(C)N=3)cc1OCC. The first-order valence-corrected chi connectivity index (χ1v) is 12.9. The van der Waals surface area contributed by atoms with Crippen molar-refractivity contribution >= 4 is 35.0 Å². The van der Waals surface area contributed by atoms with Crippen LogP contribution in [0.5, 0.6) is 17.2 Å². The molecule has 37 heavy (non-hydrogen) atoms. The third kappa shape index (κ3) is 5.14. The zero-order valence-electron chi connectivity index (χ0n) is 21.2. The third-order valence-corrected chi connectivity index (χ3v) is 7.00. The van der Waals surface area contributed by atoms with Crippen molar-refractivity contribution in [3.63, 3.8) is 0 Å². The van der Waals surface area contributed by atoms with E-state index in [0.29, 0.717) is 56.1 Å². The molecule has 1 aliphatic rings. The molecule has 3 aromatic rings. The molecule has 0 amide bonds. The zero-order valence-corrected chi connectivity index (χ0v) is 22.7. The fourth-order valence-corrected chi connectivity index (χ4v) is 5.44. The van der Waals surface area contributed by atoms with Gasteiger partial charge < -0.3 is 18.9 Å². The zero-order chi connectivity index (χ0) is 26.7. The number of esters is 1. The van der Waals surface area contributed by atoms with E-state index < -0.39 is 12.0 Å². The van der Waals surface area contributed by atoms with E-state index in [1.54, 1.807) is 31.2 Å². The highest BCUT2D eigenvalue weighted by Gasteiger charge is 2.35. The minimum absolute atomic E-state index is 0.238. The number of aromatic nitrogens is 1. The maximum absolute atomic E-state index is 13.8. The molecule has 2 aromatic carbocycles. The summed E-state index contributed by atoms with van der Waals surface area (Å²) in [5, 5.41) is 0.439. The predicted octanol–water partition coefficient (Wildman–Crippen LogP) is 3.87. The van der Waals surface area contributed by atoms with Crippen LogP contribution in [0, 0.1) is 0 Å². The van der Waals surface area contributed by atoms with Crippen LogP contribution < -0.4 is 29.1 Å². The average molecular weight is 543 g/mol. The molecule has 8 nitrogen and oxygen atoms in total. The number of ether oxygens (including phenoxy) is 4. The lowest BCUT2D eigenvalue weighted by atomic mass is 9.95. The molecule has 0 fully saturated rings. The lowest BCUT2D eigenvalue weighted by molar-refractivity contribution is -0.136. The number of carbonyl (C=O) groups excluding carboxylic acids is 1. The summed E-state index contributed by atoms with van der Waals surface area (Å²) < 4.78 is 23.9. The molecule has 194 valence electrons. The number of fused-ring (bicyclic) bond motifs is 1. The Morgan fingerprint density at radius 2 is 1.78 bits per heavy atom. The van der Waals surface area contributed by atoms with Gasteiger partial charge in [-0.1, -0.05) is 29.0 Å². The summed E-state index contributed by atoms with van der Waals surface area (Å²) in [5.41, 5.74) is 1.69. The number of allylic oxidation sites excluding steroid dienone is 1. The number of rotatable bonds is 8. The van der Waals surface area contributed by atoms with Gasteiger partial charge in [0.2, 0.25) is 0 Å². The highest BCUT2D eigenvalue weighted by Crippen LogP contribution is 2.37. The first kappa shape index (κ1) is 26.5. The van der Waals surface area contributed by atoms with Gasteiger partial charge in [-0.3, -0.25) is 9.36 Å². The van der Waals surface area contributed by atoms with E-state index in [4.69, 9.17) is 30.5 Å². The highest BCUT2D eigenvalue weighted by atomic mass is 35.5. The highest BCUT2D eigenvalue weighted by molar-refractivity contribution is 7.07. The lowest BCUT2D eigenvalue weighted by Crippen LogP contribution is -2.40. The van der Waals surface area contributed by atoms with E-state index in [1.807, 2.05) is 32.0 Å². The first-order chi connectivity index (χ1) is 17.8. The van der Waals surface area contributed by atoms with Crippen molar-refractivity contribution < 1.29 is 23.7 Å². The van der Waals surface area contributed by atoms with E-state index >= 15 is 0 Å². The van der Waals surface area contributed by atoms with Gasteiger partial charge in [0.1, 0.15) is 11.8 Å². The van der Waals surface area contributed by atoms with Gasteiger partial charge in [0.15, 0.2) is 16.3 Å². The number of benzene rings is 2. The minimum atomic E-state index is -0.834. The quantitative estimate of drug-likeness (QED) is 0.402. The number of halogens is 1. The number of carbonyl (C=O) groups is 1. The number of nitrogens with zero attached hydrogens (tertiary/aromatic N) is 2. The fourth-order valence-electron chi connectivity index (χ4n) is 4.21. The van der Waals surface area contributed by atoms with Crippen molar-refractivity contribution in [2.45, 2.75) is 26.8 Å². The Morgan fingerprint density at radius 1 is 1.08 bits per heavy atom. The molecule has 0 aliphatic carbocycles. The van der Waals surface area contributed by atoms with E-state index in [0.717, 1.165) is 5.56 Å². The molecule has 0 radical (unpaired) electrons. The van der Waals surface area contributed by atoms with Crippen LogP contribution >= 0.6 is 22.9 Å². The second-order valence-corrected chi connectivity index (χ2v) is 9.48. The summed E-state index contributed by atoms with van der Waals surface area (Å²) in [6, 6.07) is 9.74. The Bertz CT molecular complexity index is 1560. The maximum Gasteiger partial charge on any atom is 0.338 e. The van der Waals surface area contributed by atoms with Crippen molar-refractivity contribution in [2.75, 3.05) is 27.4 Å². The van der Waals surface area contributed by atoms with Gasteiger partial charge in [-0.25, -0.2) is 9.79 Å². The Morgan fingerprint density at radius 3 is 2.46 bits per heavy atom. The Kier molecular flexibility index (Phi) is 8.04. The Balaban J connectivity index is 1.95. The average Bonchev–Trinajstić information content (AvgIpc) is 3.18. The van der Waals surface area contributed by atoms with E-state index in [-0.39, 0.29) is 11.1 Å². The van der Waals surface area contributed by atoms with Gasteiger partial charge in [0.05, 0.1) is 43.2 Å². The predicted molar refractivity (Wildman–Crippen MR) is 143 cm³/mol. The number of hydrogen-bond acceptors (Lipinski definition) is 8. The van der Waals surface area contributed by atoms with Crippen LogP contribution in [0.15, 0.2) is 57.5 Å². The van der Waals surface area contributed by atoms with Gasteiger partial charge in [-0.15, -0.1) is 0 Å². The van der Waals surface area contributed by atoms with Gasteiger partial charge in [-0.2, -0.15) is 0 Å². The summed E-state index contributed by atoms with van der Waals surface area (Å²) in [6.45, 7) is 6.50. The minimum Gasteiger partial charge on any atom is -0.496 e. The van der Waals surface area contributed by atoms with Gasteiger partial charge >= 0.3 is 5.97 Å². The molecule has 10 heteroatoms. The molecule has 0 saturated heterocycles. The molecule has 0 N–H and O–H groups in total. The van der Waals surface area contributed by atoms with Gasteiger partial charge in [0, 0.05) is 10.6 Å². The summed E-state index contributed by atoms with van der Waals surface area (Å²) in [6.07, 6.45) is 1.77. The summed E-state index contributed by atoms with van der Waals surface area (Å²) in [5.74, 6) is 1.12. The van der Waals surface area contributed by atoms with Crippen LogP contribution in [-0.4, -0.2) is 38.0 Å². The van der Waals surface area contributed by atoms with Crippen molar-refractivity contribution in [2.24, 2.45) is 4.99 Å². The number of hydrogen-bond donors (Lipinski definition) is 0. The molecule has 0 spiro atoms. The van der Waals surface area contributed by atoms with Gasteiger partial charge in [0.25, 0.3) is 5.56 Å². The summed E-state index contributed by atoms with van der Waals surface area (Å²) in [4.78, 5) is 31.7. The fraction of sp³-hybridized carbons (Fsp3) is 0.296. The largest absolute Gasteiger partial charge is 0.496 e. The van der Waals surface area contributed by atoms with Crippen LogP contribution in [0.1, 0.15) is 37.9 Å². The maximum atomic E-state index is 13.8. The van der Waals surface area contributed by atoms with Gasteiger partial charge in [-0.05, 0) is 62.7 Å². The number of methoxy groups -OCH3 is 2. The monoisotopic (exact) mass is 542 g/mol. The van der Waals surface area contributed by atoms with E-state index in [2.05, 4.69) is 4.99 Å². The summed E-state index contributed by atoms with van der Waals surface area (Å²) in [7, 11) is 2.81. The van der Waals surface area contributed by atoms with Crippen molar-refractivity contribution in [1.29, 1.82) is 0 Å². The first-order valence-electron chi connectivity index (χ1n) is 11.7. The molecule has 0 saturated carbocycles. The molecule has 0 unspecified atom stereocenters. The Labute approximate surface area is 223 Å². The van der Waals surface area contributed by atoms with Crippen molar-refractivity contribution in [3.05, 3.63) is 83.5 Å². The summed E-state index contributed by atoms with van der Waals surface area (Å²) >= 11 is 7.55. The van der Waals surface area contributed by atoms with Crippen molar-refractivity contribution in [1.82, 2.24) is 4.57 Å². The third-order valence-electron chi connectivity index (χ3n) is 5.78. The molecule has 1 aliphatic heterocycles. The van der Waals surface area contributed by atoms with E-state index in [9.17, 15) is 9.59 Å². The number of thiazole rings is 1. The van der Waals surface area contributed by atoms with Crippen LogP contribution in [0.25, 0.3) is 6.08 Å². The second-order valence-electron chi connectivity index (χ2n) is 8.03. The van der Waals surface area contributed by atoms with Crippen LogP contribution in [-0.2, 0) is 9.53 Å².